The number of benzene rings is 2. The third-order valence-electron chi connectivity index (χ3n) is 5.58. The van der Waals surface area contributed by atoms with Crippen molar-refractivity contribution in [3.05, 3.63) is 72.1 Å². The third-order valence-corrected chi connectivity index (χ3v) is 5.58. The van der Waals surface area contributed by atoms with E-state index in [1.54, 1.807) is 42.5 Å². The molecule has 208 valence electrons. The van der Waals surface area contributed by atoms with Gasteiger partial charge >= 0.3 is 12.4 Å². The Kier molecular flexibility index (Phi) is 8.76. The first-order valence-corrected chi connectivity index (χ1v) is 12.1. The average molecular weight is 554 g/mol. The lowest BCUT2D eigenvalue weighted by atomic mass is 10.0. The molecule has 0 aliphatic heterocycles. The summed E-state index contributed by atoms with van der Waals surface area (Å²) in [5.41, 5.74) is -2.99. The lowest BCUT2D eigenvalue weighted by molar-refractivity contribution is -0.148. The standard InChI is InChI=1S/C27H25F6N3O3/c1-2-12-37-13-14-38-15-16-39-20-10-8-18(9-11-20)23-24(19-6-4-3-5-7-19)35-36-22(27(31,32)33)17-21(26(28,29)30)34-25(23)36/h3-11,17H,2,12-16H2,1H3. The molecule has 2 aromatic heterocycles. The summed E-state index contributed by atoms with van der Waals surface area (Å²) in [5, 5.41) is 4.08. The van der Waals surface area contributed by atoms with Crippen LogP contribution < -0.4 is 4.74 Å². The van der Waals surface area contributed by atoms with Crippen LogP contribution in [-0.4, -0.2) is 47.6 Å². The molecule has 0 amide bonds. The highest BCUT2D eigenvalue weighted by molar-refractivity contribution is 5.90. The number of rotatable bonds is 11. The van der Waals surface area contributed by atoms with Crippen molar-refractivity contribution in [3.63, 3.8) is 0 Å². The maximum atomic E-state index is 13.8. The topological polar surface area (TPSA) is 57.9 Å². The second-order valence-electron chi connectivity index (χ2n) is 8.44. The van der Waals surface area contributed by atoms with Crippen LogP contribution in [-0.2, 0) is 21.8 Å². The van der Waals surface area contributed by atoms with Gasteiger partial charge in [0.05, 0.1) is 25.4 Å². The zero-order valence-electron chi connectivity index (χ0n) is 20.9. The molecule has 0 atom stereocenters. The van der Waals surface area contributed by atoms with Gasteiger partial charge in [0.15, 0.2) is 11.3 Å². The highest BCUT2D eigenvalue weighted by Crippen LogP contribution is 2.40. The minimum atomic E-state index is -5.11. The Morgan fingerprint density at radius 1 is 0.744 bits per heavy atom. The van der Waals surface area contributed by atoms with Crippen LogP contribution in [0.4, 0.5) is 26.3 Å². The number of fused-ring (bicyclic) bond motifs is 1. The molecule has 0 bridgehead atoms. The van der Waals surface area contributed by atoms with E-state index in [1.807, 2.05) is 6.92 Å². The molecule has 4 aromatic rings. The van der Waals surface area contributed by atoms with Gasteiger partial charge < -0.3 is 14.2 Å². The van der Waals surface area contributed by atoms with Crippen LogP contribution in [0.25, 0.3) is 28.0 Å². The molecule has 0 saturated heterocycles. The molecule has 0 saturated carbocycles. The second kappa shape index (κ2) is 12.0. The van der Waals surface area contributed by atoms with Gasteiger partial charge in [-0.2, -0.15) is 31.4 Å². The first-order chi connectivity index (χ1) is 18.6. The van der Waals surface area contributed by atoms with Crippen LogP contribution in [0.2, 0.25) is 0 Å². The van der Waals surface area contributed by atoms with Crippen molar-refractivity contribution in [1.82, 2.24) is 14.6 Å². The Hall–Kier alpha value is -3.64. The molecular formula is C27H25F6N3O3. The maximum Gasteiger partial charge on any atom is 0.433 e. The van der Waals surface area contributed by atoms with Crippen LogP contribution >= 0.6 is 0 Å². The minimum absolute atomic E-state index is 0.0276. The number of hydrogen-bond acceptors (Lipinski definition) is 5. The quantitative estimate of drug-likeness (QED) is 0.149. The lowest BCUT2D eigenvalue weighted by Crippen LogP contribution is -2.18. The number of halogens is 6. The molecule has 0 aliphatic carbocycles. The van der Waals surface area contributed by atoms with Crippen molar-refractivity contribution in [2.75, 3.05) is 33.0 Å². The number of ether oxygens (including phenoxy) is 3. The van der Waals surface area contributed by atoms with Gasteiger partial charge in [0.25, 0.3) is 0 Å². The summed E-state index contributed by atoms with van der Waals surface area (Å²) in [7, 11) is 0. The number of nitrogens with zero attached hydrogens (tertiary/aromatic N) is 3. The highest BCUT2D eigenvalue weighted by Gasteiger charge is 2.41. The van der Waals surface area contributed by atoms with Gasteiger partial charge in [-0.15, -0.1) is 0 Å². The van der Waals surface area contributed by atoms with Crippen LogP contribution in [0.5, 0.6) is 5.75 Å². The fraction of sp³-hybridized carbons (Fsp3) is 0.333. The molecular weight excluding hydrogens is 528 g/mol. The zero-order chi connectivity index (χ0) is 28.0. The van der Waals surface area contributed by atoms with Gasteiger partial charge in [-0.3, -0.25) is 0 Å². The van der Waals surface area contributed by atoms with Crippen molar-refractivity contribution in [3.8, 4) is 28.1 Å². The van der Waals surface area contributed by atoms with Crippen molar-refractivity contribution in [2.45, 2.75) is 25.7 Å². The summed E-state index contributed by atoms with van der Waals surface area (Å²) in [6.07, 6.45) is -9.29. The number of hydrogen-bond donors (Lipinski definition) is 0. The molecule has 0 spiro atoms. The van der Waals surface area contributed by atoms with E-state index in [0.29, 0.717) is 47.8 Å². The van der Waals surface area contributed by atoms with Crippen LogP contribution in [0.1, 0.15) is 24.7 Å². The van der Waals surface area contributed by atoms with Crippen molar-refractivity contribution < 1.29 is 40.6 Å². The summed E-state index contributed by atoms with van der Waals surface area (Å²) in [5.74, 6) is 0.447. The zero-order valence-corrected chi connectivity index (χ0v) is 20.9. The average Bonchev–Trinajstić information content (AvgIpc) is 3.29. The van der Waals surface area contributed by atoms with Crippen LogP contribution in [0.15, 0.2) is 60.7 Å². The molecule has 6 nitrogen and oxygen atoms in total. The van der Waals surface area contributed by atoms with E-state index in [2.05, 4.69) is 10.1 Å². The largest absolute Gasteiger partial charge is 0.491 e. The monoisotopic (exact) mass is 553 g/mol. The Bertz CT molecular complexity index is 1370. The first-order valence-electron chi connectivity index (χ1n) is 12.1. The molecule has 2 aromatic carbocycles. The summed E-state index contributed by atoms with van der Waals surface area (Å²) in [6.45, 7) is 4.13. The predicted molar refractivity (Wildman–Crippen MR) is 131 cm³/mol. The van der Waals surface area contributed by atoms with Gasteiger partial charge in [-0.25, -0.2) is 9.50 Å². The Morgan fingerprint density at radius 2 is 1.38 bits per heavy atom. The van der Waals surface area contributed by atoms with E-state index in [9.17, 15) is 26.3 Å². The van der Waals surface area contributed by atoms with Crippen LogP contribution in [0, 0.1) is 0 Å². The smallest absolute Gasteiger partial charge is 0.433 e. The Morgan fingerprint density at radius 3 is 2.00 bits per heavy atom. The Balaban J connectivity index is 1.68. The summed E-state index contributed by atoms with van der Waals surface area (Å²) < 4.78 is 99.0. The van der Waals surface area contributed by atoms with Gasteiger partial charge in [-0.05, 0) is 30.2 Å². The highest BCUT2D eigenvalue weighted by atomic mass is 19.4. The second-order valence-corrected chi connectivity index (χ2v) is 8.44. The normalized spacial score (nSPS) is 12.3. The van der Waals surface area contributed by atoms with Crippen molar-refractivity contribution >= 4 is 5.65 Å². The first kappa shape index (κ1) is 28.4. The van der Waals surface area contributed by atoms with E-state index in [0.717, 1.165) is 6.42 Å². The van der Waals surface area contributed by atoms with E-state index in [1.165, 1.54) is 12.1 Å². The molecule has 12 heteroatoms. The molecule has 0 fully saturated rings. The third kappa shape index (κ3) is 6.87. The van der Waals surface area contributed by atoms with Crippen LogP contribution in [0.3, 0.4) is 0 Å². The maximum absolute atomic E-state index is 13.8. The fourth-order valence-electron chi connectivity index (χ4n) is 3.83. The molecule has 0 aliphatic rings. The summed E-state index contributed by atoms with van der Waals surface area (Å²) in [6, 6.07) is 14.4. The molecule has 4 rings (SSSR count). The van der Waals surface area contributed by atoms with Gasteiger partial charge in [-0.1, -0.05) is 49.4 Å². The molecule has 0 unspecified atom stereocenters. The Labute approximate surface area is 220 Å². The van der Waals surface area contributed by atoms with E-state index < -0.39 is 29.4 Å². The molecule has 0 N–H and O–H groups in total. The number of alkyl halides is 6. The van der Waals surface area contributed by atoms with Gasteiger partial charge in [0.2, 0.25) is 0 Å². The molecule has 39 heavy (non-hydrogen) atoms. The summed E-state index contributed by atoms with van der Waals surface area (Å²) in [4.78, 5) is 3.58. The van der Waals surface area contributed by atoms with E-state index in [4.69, 9.17) is 14.2 Å². The van der Waals surface area contributed by atoms with Gasteiger partial charge in [0, 0.05) is 12.2 Å². The number of aromatic nitrogens is 3. The van der Waals surface area contributed by atoms with E-state index in [-0.39, 0.29) is 23.9 Å². The van der Waals surface area contributed by atoms with E-state index >= 15 is 0 Å². The van der Waals surface area contributed by atoms with Crippen molar-refractivity contribution in [1.29, 1.82) is 0 Å². The van der Waals surface area contributed by atoms with Gasteiger partial charge in [0.1, 0.15) is 23.7 Å². The molecule has 0 radical (unpaired) electrons. The van der Waals surface area contributed by atoms with Crippen molar-refractivity contribution in [2.24, 2.45) is 0 Å². The predicted octanol–water partition coefficient (Wildman–Crippen LogP) is 6.92. The summed E-state index contributed by atoms with van der Waals surface area (Å²) >= 11 is 0. The lowest BCUT2D eigenvalue weighted by Gasteiger charge is -2.13. The SMILES string of the molecule is CCCOCCOCCOc1ccc(-c2c(-c3ccccc3)nn3c(C(F)(F)F)cc(C(F)(F)F)nc23)cc1. The fourth-order valence-corrected chi connectivity index (χ4v) is 3.83. The minimum Gasteiger partial charge on any atom is -0.491 e. The molecule has 2 heterocycles.